The zero-order chi connectivity index (χ0) is 14.4. The van der Waals surface area contributed by atoms with E-state index in [-0.39, 0.29) is 11.6 Å². The maximum absolute atomic E-state index is 14.0. The Kier molecular flexibility index (Phi) is 2.57. The van der Waals surface area contributed by atoms with E-state index in [9.17, 15) is 9.18 Å². The molecular weight excluding hydrogens is 269 g/mol. The molecule has 0 atom stereocenters. The molecule has 0 radical (unpaired) electrons. The van der Waals surface area contributed by atoms with E-state index in [1.807, 2.05) is 6.07 Å². The monoisotopic (exact) mass is 281 g/mol. The Bertz CT molecular complexity index is 866. The average molecular weight is 281 g/mol. The molecule has 3 nitrogen and oxygen atoms in total. The van der Waals surface area contributed by atoms with Crippen LogP contribution in [-0.4, -0.2) is 17.4 Å². The standard InChI is InChI=1S/C17H12FNO2/c18-13-2-1-3-14-16(13)12(9-19-14)17(20)11-4-5-15-10(8-11)6-7-21-15/h1-5,8-9,19H,6-7H2. The van der Waals surface area contributed by atoms with Gasteiger partial charge in [-0.3, -0.25) is 4.79 Å². The van der Waals surface area contributed by atoms with Crippen LogP contribution in [0.15, 0.2) is 42.6 Å². The molecule has 21 heavy (non-hydrogen) atoms. The lowest BCUT2D eigenvalue weighted by Crippen LogP contribution is -2.01. The topological polar surface area (TPSA) is 42.1 Å². The van der Waals surface area contributed by atoms with Crippen LogP contribution >= 0.6 is 0 Å². The first-order valence-corrected chi connectivity index (χ1v) is 6.80. The highest BCUT2D eigenvalue weighted by atomic mass is 19.1. The van der Waals surface area contributed by atoms with Gasteiger partial charge in [0.2, 0.25) is 0 Å². The van der Waals surface area contributed by atoms with Crippen molar-refractivity contribution in [3.8, 4) is 5.75 Å². The highest BCUT2D eigenvalue weighted by molar-refractivity contribution is 6.16. The minimum Gasteiger partial charge on any atom is -0.493 e. The molecule has 0 saturated carbocycles. The minimum atomic E-state index is -0.387. The second-order valence-corrected chi connectivity index (χ2v) is 5.11. The van der Waals surface area contributed by atoms with Crippen LogP contribution in [0.4, 0.5) is 4.39 Å². The normalized spacial score (nSPS) is 13.2. The zero-order valence-corrected chi connectivity index (χ0v) is 11.2. The van der Waals surface area contributed by atoms with E-state index in [1.165, 1.54) is 6.07 Å². The highest BCUT2D eigenvalue weighted by Crippen LogP contribution is 2.29. The lowest BCUT2D eigenvalue weighted by atomic mass is 10.00. The van der Waals surface area contributed by atoms with Crippen LogP contribution in [0.1, 0.15) is 21.5 Å². The number of hydrogen-bond donors (Lipinski definition) is 1. The predicted octanol–water partition coefficient (Wildman–Crippen LogP) is 3.47. The molecule has 0 fully saturated rings. The number of aromatic amines is 1. The summed E-state index contributed by atoms with van der Waals surface area (Å²) < 4.78 is 19.4. The lowest BCUT2D eigenvalue weighted by molar-refractivity contribution is 0.104. The molecule has 0 unspecified atom stereocenters. The van der Waals surface area contributed by atoms with Gasteiger partial charge in [0.1, 0.15) is 11.6 Å². The Hall–Kier alpha value is -2.62. The van der Waals surface area contributed by atoms with Crippen molar-refractivity contribution in [1.82, 2.24) is 4.98 Å². The Balaban J connectivity index is 1.83. The molecule has 1 N–H and O–H groups in total. The van der Waals surface area contributed by atoms with Gasteiger partial charge in [-0.25, -0.2) is 4.39 Å². The first-order chi connectivity index (χ1) is 10.2. The van der Waals surface area contributed by atoms with Crippen LogP contribution in [0.25, 0.3) is 10.9 Å². The number of halogens is 1. The van der Waals surface area contributed by atoms with Crippen LogP contribution in [0, 0.1) is 5.82 Å². The first kappa shape index (κ1) is 12.1. The first-order valence-electron chi connectivity index (χ1n) is 6.80. The molecule has 0 aliphatic carbocycles. The van der Waals surface area contributed by atoms with Gasteiger partial charge in [-0.2, -0.15) is 0 Å². The summed E-state index contributed by atoms with van der Waals surface area (Å²) >= 11 is 0. The number of ether oxygens (including phenoxy) is 1. The third kappa shape index (κ3) is 1.83. The SMILES string of the molecule is O=C(c1ccc2c(c1)CCO2)c1c[nH]c2cccc(F)c12. The van der Waals surface area contributed by atoms with Crippen molar-refractivity contribution in [2.24, 2.45) is 0 Å². The lowest BCUT2D eigenvalue weighted by Gasteiger charge is -2.03. The maximum atomic E-state index is 14.0. The molecule has 1 aromatic heterocycles. The molecule has 2 heterocycles. The fourth-order valence-electron chi connectivity index (χ4n) is 2.80. The molecule has 2 aromatic carbocycles. The number of nitrogens with one attached hydrogen (secondary N) is 1. The van der Waals surface area contributed by atoms with Gasteiger partial charge in [-0.15, -0.1) is 0 Å². The highest BCUT2D eigenvalue weighted by Gasteiger charge is 2.19. The Morgan fingerprint density at radius 3 is 3.05 bits per heavy atom. The second kappa shape index (κ2) is 4.45. The van der Waals surface area contributed by atoms with Gasteiger partial charge >= 0.3 is 0 Å². The Labute approximate surface area is 120 Å². The van der Waals surface area contributed by atoms with E-state index < -0.39 is 0 Å². The summed E-state index contributed by atoms with van der Waals surface area (Å²) in [6, 6.07) is 10.1. The van der Waals surface area contributed by atoms with Crippen LogP contribution < -0.4 is 4.74 Å². The van der Waals surface area contributed by atoms with Crippen molar-refractivity contribution in [2.75, 3.05) is 6.61 Å². The quantitative estimate of drug-likeness (QED) is 0.731. The summed E-state index contributed by atoms with van der Waals surface area (Å²) in [7, 11) is 0. The molecule has 0 bridgehead atoms. The summed E-state index contributed by atoms with van der Waals surface area (Å²) in [6.45, 7) is 0.648. The molecule has 0 saturated heterocycles. The molecular formula is C17H12FNO2. The van der Waals surface area contributed by atoms with Crippen molar-refractivity contribution < 1.29 is 13.9 Å². The predicted molar refractivity (Wildman–Crippen MR) is 77.3 cm³/mol. The number of aromatic nitrogens is 1. The molecule has 0 spiro atoms. The van der Waals surface area contributed by atoms with Crippen LogP contribution in [0.5, 0.6) is 5.75 Å². The van der Waals surface area contributed by atoms with Gasteiger partial charge < -0.3 is 9.72 Å². The van der Waals surface area contributed by atoms with Crippen molar-refractivity contribution in [2.45, 2.75) is 6.42 Å². The van der Waals surface area contributed by atoms with E-state index in [2.05, 4.69) is 4.98 Å². The van der Waals surface area contributed by atoms with Gasteiger partial charge in [0.25, 0.3) is 0 Å². The van der Waals surface area contributed by atoms with Crippen LogP contribution in [0.2, 0.25) is 0 Å². The molecule has 4 heteroatoms. The smallest absolute Gasteiger partial charge is 0.195 e. The molecule has 4 rings (SSSR count). The van der Waals surface area contributed by atoms with Gasteiger partial charge in [0.05, 0.1) is 12.2 Å². The number of fused-ring (bicyclic) bond motifs is 2. The maximum Gasteiger partial charge on any atom is 0.195 e. The largest absolute Gasteiger partial charge is 0.493 e. The van der Waals surface area contributed by atoms with E-state index in [0.29, 0.717) is 28.6 Å². The molecule has 3 aromatic rings. The third-order valence-corrected chi connectivity index (χ3v) is 3.85. The number of rotatable bonds is 2. The number of H-pyrrole nitrogens is 1. The van der Waals surface area contributed by atoms with Crippen LogP contribution in [-0.2, 0) is 6.42 Å². The third-order valence-electron chi connectivity index (χ3n) is 3.85. The summed E-state index contributed by atoms with van der Waals surface area (Å²) in [5.74, 6) is 0.263. The van der Waals surface area contributed by atoms with E-state index >= 15 is 0 Å². The molecule has 104 valence electrons. The number of carbonyl (C=O) groups is 1. The van der Waals surface area contributed by atoms with Crippen molar-refractivity contribution >= 4 is 16.7 Å². The second-order valence-electron chi connectivity index (χ2n) is 5.11. The van der Waals surface area contributed by atoms with E-state index in [0.717, 1.165) is 17.7 Å². The molecule has 1 aliphatic heterocycles. The Morgan fingerprint density at radius 1 is 1.24 bits per heavy atom. The minimum absolute atomic E-state index is 0.180. The average Bonchev–Trinajstić information content (AvgIpc) is 3.13. The van der Waals surface area contributed by atoms with Crippen molar-refractivity contribution in [3.63, 3.8) is 0 Å². The van der Waals surface area contributed by atoms with Gasteiger partial charge in [0.15, 0.2) is 5.78 Å². The number of carbonyl (C=O) groups excluding carboxylic acids is 1. The van der Waals surface area contributed by atoms with Gasteiger partial charge in [0, 0.05) is 29.1 Å². The summed E-state index contributed by atoms with van der Waals surface area (Å²) in [5.41, 5.74) is 2.58. The number of ketones is 1. The molecule has 0 amide bonds. The van der Waals surface area contributed by atoms with E-state index in [1.54, 1.807) is 30.5 Å². The molecule has 1 aliphatic rings. The number of hydrogen-bond acceptors (Lipinski definition) is 2. The summed E-state index contributed by atoms with van der Waals surface area (Å²) in [5, 5.41) is 0.347. The van der Waals surface area contributed by atoms with Gasteiger partial charge in [-0.05, 0) is 35.9 Å². The Morgan fingerprint density at radius 2 is 2.14 bits per heavy atom. The fraction of sp³-hybridized carbons (Fsp3) is 0.118. The van der Waals surface area contributed by atoms with Crippen LogP contribution in [0.3, 0.4) is 0 Å². The van der Waals surface area contributed by atoms with Gasteiger partial charge in [-0.1, -0.05) is 6.07 Å². The fourth-order valence-corrected chi connectivity index (χ4v) is 2.80. The zero-order valence-electron chi connectivity index (χ0n) is 11.2. The summed E-state index contributed by atoms with van der Waals surface area (Å²) in [6.07, 6.45) is 2.37. The van der Waals surface area contributed by atoms with E-state index in [4.69, 9.17) is 4.74 Å². The van der Waals surface area contributed by atoms with Crippen molar-refractivity contribution in [3.05, 3.63) is 65.1 Å². The van der Waals surface area contributed by atoms with Crippen molar-refractivity contribution in [1.29, 1.82) is 0 Å². The summed E-state index contributed by atoms with van der Waals surface area (Å²) in [4.78, 5) is 15.6. The number of benzene rings is 2.